The zero-order valence-electron chi connectivity index (χ0n) is 18.1. The first-order chi connectivity index (χ1) is 15.2. The Labute approximate surface area is 184 Å². The SMILES string of the molecule is COc1cccc2c1CCN(CCCCNC(=O)c1ccc(-c3ccccc3)cc1)C2. The first kappa shape index (κ1) is 21.1. The number of hydrogen-bond donors (Lipinski definition) is 1. The highest BCUT2D eigenvalue weighted by atomic mass is 16.5. The lowest BCUT2D eigenvalue weighted by molar-refractivity contribution is 0.0952. The van der Waals surface area contributed by atoms with Gasteiger partial charge in [0.2, 0.25) is 0 Å². The monoisotopic (exact) mass is 414 g/mol. The van der Waals surface area contributed by atoms with E-state index in [0.717, 1.165) is 55.8 Å². The Hall–Kier alpha value is -3.11. The lowest BCUT2D eigenvalue weighted by Gasteiger charge is -2.29. The number of benzene rings is 3. The van der Waals surface area contributed by atoms with Gasteiger partial charge in [0.05, 0.1) is 7.11 Å². The van der Waals surface area contributed by atoms with Crippen molar-refractivity contribution in [3.05, 3.63) is 89.5 Å². The van der Waals surface area contributed by atoms with Crippen molar-refractivity contribution in [3.63, 3.8) is 0 Å². The largest absolute Gasteiger partial charge is 0.496 e. The lowest BCUT2D eigenvalue weighted by atomic mass is 9.98. The quantitative estimate of drug-likeness (QED) is 0.532. The van der Waals surface area contributed by atoms with E-state index in [-0.39, 0.29) is 5.91 Å². The molecule has 1 aliphatic rings. The number of amides is 1. The van der Waals surface area contributed by atoms with Gasteiger partial charge in [-0.15, -0.1) is 0 Å². The van der Waals surface area contributed by atoms with Crippen LogP contribution in [0.1, 0.15) is 34.3 Å². The number of ether oxygens (including phenoxy) is 1. The molecule has 0 spiro atoms. The molecular weight excluding hydrogens is 384 g/mol. The number of nitrogens with one attached hydrogen (secondary N) is 1. The highest BCUT2D eigenvalue weighted by Crippen LogP contribution is 2.27. The fourth-order valence-corrected chi connectivity index (χ4v) is 4.22. The molecule has 4 heteroatoms. The van der Waals surface area contributed by atoms with Crippen LogP contribution in [0.5, 0.6) is 5.75 Å². The summed E-state index contributed by atoms with van der Waals surface area (Å²) >= 11 is 0. The Morgan fingerprint density at radius 3 is 2.48 bits per heavy atom. The van der Waals surface area contributed by atoms with Gasteiger partial charge in [0.15, 0.2) is 0 Å². The van der Waals surface area contributed by atoms with E-state index >= 15 is 0 Å². The number of methoxy groups -OCH3 is 1. The summed E-state index contributed by atoms with van der Waals surface area (Å²) in [6.07, 6.45) is 3.09. The average Bonchev–Trinajstić information content (AvgIpc) is 2.83. The van der Waals surface area contributed by atoms with E-state index in [2.05, 4.69) is 34.5 Å². The van der Waals surface area contributed by atoms with Crippen molar-refractivity contribution in [3.8, 4) is 16.9 Å². The number of rotatable bonds is 8. The van der Waals surface area contributed by atoms with Gasteiger partial charge in [0.25, 0.3) is 5.91 Å². The standard InChI is InChI=1S/C27H30N2O2/c1-31-26-11-7-10-24-20-29(19-16-25(24)26)18-6-5-17-28-27(30)23-14-12-22(13-15-23)21-8-3-2-4-9-21/h2-4,7-15H,5-6,16-20H2,1H3,(H,28,30). The van der Waals surface area contributed by atoms with Gasteiger partial charge < -0.3 is 10.1 Å². The van der Waals surface area contributed by atoms with Gasteiger partial charge in [0, 0.05) is 25.2 Å². The fraction of sp³-hybridized carbons (Fsp3) is 0.296. The molecule has 4 rings (SSSR count). The molecular formula is C27H30N2O2. The molecule has 3 aromatic rings. The van der Waals surface area contributed by atoms with Gasteiger partial charge >= 0.3 is 0 Å². The van der Waals surface area contributed by atoms with E-state index in [1.54, 1.807) is 7.11 Å². The summed E-state index contributed by atoms with van der Waals surface area (Å²) in [5.41, 5.74) is 5.72. The number of unbranched alkanes of at least 4 members (excludes halogenated alkanes) is 1. The molecule has 0 fully saturated rings. The predicted octanol–water partition coefficient (Wildman–Crippen LogP) is 4.93. The van der Waals surface area contributed by atoms with Crippen molar-refractivity contribution in [1.29, 1.82) is 0 Å². The van der Waals surface area contributed by atoms with Crippen LogP contribution >= 0.6 is 0 Å². The van der Waals surface area contributed by atoms with Crippen LogP contribution in [0.4, 0.5) is 0 Å². The number of nitrogens with zero attached hydrogens (tertiary/aromatic N) is 1. The molecule has 1 aliphatic heterocycles. The molecule has 0 bridgehead atoms. The van der Waals surface area contributed by atoms with Crippen molar-refractivity contribution in [2.75, 3.05) is 26.7 Å². The molecule has 1 amide bonds. The van der Waals surface area contributed by atoms with Gasteiger partial charge in [-0.1, -0.05) is 54.6 Å². The lowest BCUT2D eigenvalue weighted by Crippen LogP contribution is -2.32. The van der Waals surface area contributed by atoms with E-state index in [9.17, 15) is 4.79 Å². The van der Waals surface area contributed by atoms with Crippen LogP contribution in [0.2, 0.25) is 0 Å². The van der Waals surface area contributed by atoms with Gasteiger partial charge in [-0.2, -0.15) is 0 Å². The first-order valence-electron chi connectivity index (χ1n) is 11.1. The van der Waals surface area contributed by atoms with E-state index in [4.69, 9.17) is 4.74 Å². The van der Waals surface area contributed by atoms with Crippen LogP contribution in [0.3, 0.4) is 0 Å². The molecule has 0 saturated carbocycles. The van der Waals surface area contributed by atoms with E-state index in [1.165, 1.54) is 11.1 Å². The molecule has 0 atom stereocenters. The molecule has 31 heavy (non-hydrogen) atoms. The Balaban J connectivity index is 1.18. The van der Waals surface area contributed by atoms with Crippen molar-refractivity contribution in [1.82, 2.24) is 10.2 Å². The van der Waals surface area contributed by atoms with Crippen LogP contribution < -0.4 is 10.1 Å². The normalized spacial score (nSPS) is 13.5. The summed E-state index contributed by atoms with van der Waals surface area (Å²) in [6.45, 7) is 3.80. The third-order valence-corrected chi connectivity index (χ3v) is 5.96. The average molecular weight is 415 g/mol. The summed E-state index contributed by atoms with van der Waals surface area (Å²) < 4.78 is 5.49. The fourth-order valence-electron chi connectivity index (χ4n) is 4.22. The third-order valence-electron chi connectivity index (χ3n) is 5.96. The molecule has 0 radical (unpaired) electrons. The maximum absolute atomic E-state index is 12.4. The Kier molecular flexibility index (Phi) is 7.00. The maximum Gasteiger partial charge on any atom is 0.251 e. The van der Waals surface area contributed by atoms with Crippen LogP contribution in [-0.4, -0.2) is 37.6 Å². The third kappa shape index (κ3) is 5.33. The summed E-state index contributed by atoms with van der Waals surface area (Å²) in [5, 5.41) is 3.05. The number of hydrogen-bond acceptors (Lipinski definition) is 3. The van der Waals surface area contributed by atoms with E-state index in [0.29, 0.717) is 12.1 Å². The van der Waals surface area contributed by atoms with Gasteiger partial charge in [-0.3, -0.25) is 9.69 Å². The minimum Gasteiger partial charge on any atom is -0.496 e. The molecule has 1 N–H and O–H groups in total. The highest BCUT2D eigenvalue weighted by Gasteiger charge is 2.18. The Morgan fingerprint density at radius 2 is 1.71 bits per heavy atom. The van der Waals surface area contributed by atoms with Gasteiger partial charge in [0.1, 0.15) is 5.75 Å². The maximum atomic E-state index is 12.4. The highest BCUT2D eigenvalue weighted by molar-refractivity contribution is 5.94. The van der Waals surface area contributed by atoms with E-state index in [1.807, 2.05) is 48.5 Å². The van der Waals surface area contributed by atoms with Crippen LogP contribution in [-0.2, 0) is 13.0 Å². The Bertz CT molecular complexity index is 1000. The summed E-state index contributed by atoms with van der Waals surface area (Å²) in [4.78, 5) is 14.9. The van der Waals surface area contributed by atoms with Gasteiger partial charge in [-0.05, 0) is 66.3 Å². The summed E-state index contributed by atoms with van der Waals surface area (Å²) in [6, 6.07) is 24.3. The van der Waals surface area contributed by atoms with Crippen molar-refractivity contribution in [2.45, 2.75) is 25.8 Å². The summed E-state index contributed by atoms with van der Waals surface area (Å²) in [7, 11) is 1.74. The zero-order chi connectivity index (χ0) is 21.5. The van der Waals surface area contributed by atoms with Crippen LogP contribution in [0.15, 0.2) is 72.8 Å². The van der Waals surface area contributed by atoms with Gasteiger partial charge in [-0.25, -0.2) is 0 Å². The topological polar surface area (TPSA) is 41.6 Å². The molecule has 0 aliphatic carbocycles. The second-order valence-electron chi connectivity index (χ2n) is 8.03. The second kappa shape index (κ2) is 10.3. The minimum atomic E-state index is -0.00129. The predicted molar refractivity (Wildman–Crippen MR) is 125 cm³/mol. The first-order valence-corrected chi connectivity index (χ1v) is 11.1. The number of carbonyl (C=O) groups excluding carboxylic acids is 1. The second-order valence-corrected chi connectivity index (χ2v) is 8.03. The molecule has 0 saturated heterocycles. The molecule has 1 heterocycles. The minimum absolute atomic E-state index is 0.00129. The van der Waals surface area contributed by atoms with E-state index < -0.39 is 0 Å². The molecule has 0 unspecified atom stereocenters. The van der Waals surface area contributed by atoms with Crippen molar-refractivity contribution < 1.29 is 9.53 Å². The van der Waals surface area contributed by atoms with Crippen molar-refractivity contribution in [2.24, 2.45) is 0 Å². The number of fused-ring (bicyclic) bond motifs is 1. The zero-order valence-corrected chi connectivity index (χ0v) is 18.1. The van der Waals surface area contributed by atoms with Crippen LogP contribution in [0, 0.1) is 0 Å². The van der Waals surface area contributed by atoms with Crippen LogP contribution in [0.25, 0.3) is 11.1 Å². The number of carbonyl (C=O) groups is 1. The molecule has 160 valence electrons. The smallest absolute Gasteiger partial charge is 0.251 e. The molecule has 4 nitrogen and oxygen atoms in total. The molecule has 3 aromatic carbocycles. The summed E-state index contributed by atoms with van der Waals surface area (Å²) in [5.74, 6) is 1.01. The van der Waals surface area contributed by atoms with Crippen molar-refractivity contribution >= 4 is 5.91 Å². The Morgan fingerprint density at radius 1 is 0.935 bits per heavy atom. The molecule has 0 aromatic heterocycles.